The number of rotatable bonds is 7. The molecule has 1 aliphatic carbocycles. The molecule has 1 aliphatic heterocycles. The number of amides is 1. The van der Waals surface area contributed by atoms with Crippen LogP contribution in [0.25, 0.3) is 0 Å². The van der Waals surface area contributed by atoms with Gasteiger partial charge in [-0.05, 0) is 37.6 Å². The van der Waals surface area contributed by atoms with Crippen molar-refractivity contribution in [2.75, 3.05) is 40.4 Å². The van der Waals surface area contributed by atoms with E-state index in [0.717, 1.165) is 34.5 Å². The van der Waals surface area contributed by atoms with Crippen LogP contribution in [0.5, 0.6) is 11.5 Å². The quantitative estimate of drug-likeness (QED) is 0.731. The number of nitrogens with zero attached hydrogens (tertiary/aromatic N) is 3. The molecule has 0 saturated heterocycles. The molecule has 0 unspecified atom stereocenters. The molecule has 1 aromatic heterocycles. The Labute approximate surface area is 163 Å². The number of hydrogen-bond acceptors (Lipinski definition) is 6. The van der Waals surface area contributed by atoms with Gasteiger partial charge in [-0.1, -0.05) is 6.07 Å². The molecule has 27 heavy (non-hydrogen) atoms. The second-order valence-electron chi connectivity index (χ2n) is 7.28. The predicted octanol–water partition coefficient (Wildman–Crippen LogP) is 3.00. The van der Waals surface area contributed by atoms with Crippen molar-refractivity contribution in [2.24, 2.45) is 0 Å². The number of carbonyl (C=O) groups excluding carboxylic acids is 1. The summed E-state index contributed by atoms with van der Waals surface area (Å²) in [6.07, 6.45) is 4.15. The molecule has 0 bridgehead atoms. The van der Waals surface area contributed by atoms with Gasteiger partial charge in [0.15, 0.2) is 11.5 Å². The van der Waals surface area contributed by atoms with Gasteiger partial charge in [-0.3, -0.25) is 4.79 Å². The number of hydrogen-bond donors (Lipinski definition) is 0. The van der Waals surface area contributed by atoms with E-state index < -0.39 is 0 Å². The van der Waals surface area contributed by atoms with Crippen LogP contribution >= 0.6 is 11.3 Å². The van der Waals surface area contributed by atoms with Crippen molar-refractivity contribution in [3.05, 3.63) is 39.8 Å². The third-order valence-electron chi connectivity index (χ3n) is 4.88. The zero-order chi connectivity index (χ0) is 18.8. The Morgan fingerprint density at radius 2 is 1.96 bits per heavy atom. The maximum absolute atomic E-state index is 12.6. The molecule has 4 rings (SSSR count). The first-order chi connectivity index (χ1) is 13.1. The summed E-state index contributed by atoms with van der Waals surface area (Å²) < 4.78 is 11.2. The Balaban J connectivity index is 1.27. The number of fused-ring (bicyclic) bond motifs is 1. The fourth-order valence-electron chi connectivity index (χ4n) is 3.09. The van der Waals surface area contributed by atoms with Crippen LogP contribution in [-0.2, 0) is 6.54 Å². The molecule has 1 aromatic carbocycles. The number of ether oxygens (including phenoxy) is 2. The number of carbonyl (C=O) groups is 1. The van der Waals surface area contributed by atoms with Crippen molar-refractivity contribution in [1.29, 1.82) is 0 Å². The molecule has 2 aliphatic rings. The first-order valence-electron chi connectivity index (χ1n) is 9.38. The van der Waals surface area contributed by atoms with Gasteiger partial charge in [-0.2, -0.15) is 0 Å². The minimum atomic E-state index is 0.0622. The lowest BCUT2D eigenvalue weighted by molar-refractivity contribution is 0.0786. The Bertz CT molecular complexity index is 819. The summed E-state index contributed by atoms with van der Waals surface area (Å²) in [5.74, 6) is 2.29. The fourth-order valence-corrected chi connectivity index (χ4v) is 4.17. The Kier molecular flexibility index (Phi) is 5.31. The zero-order valence-electron chi connectivity index (χ0n) is 15.8. The van der Waals surface area contributed by atoms with Gasteiger partial charge in [0, 0.05) is 32.6 Å². The molecular formula is C20H25N3O3S. The fraction of sp³-hybridized carbons (Fsp3) is 0.500. The van der Waals surface area contributed by atoms with Crippen molar-refractivity contribution in [2.45, 2.75) is 25.3 Å². The molecule has 2 aromatic rings. The molecule has 0 N–H and O–H groups in total. The molecule has 2 heterocycles. The molecule has 1 saturated carbocycles. The SMILES string of the molecule is CN(CCN(C)C(=O)c1cnc(C2CC2)s1)Cc1ccc2c(c1)OCCO2. The standard InChI is InChI=1S/C20H25N3O3S/c1-22(13-14-3-6-16-17(11-14)26-10-9-25-16)7-8-23(2)20(24)18-12-21-19(27-18)15-4-5-15/h3,6,11-12,15H,4-5,7-10,13H2,1-2H3. The second-order valence-corrected chi connectivity index (χ2v) is 8.34. The summed E-state index contributed by atoms with van der Waals surface area (Å²) in [4.78, 5) is 21.7. The van der Waals surface area contributed by atoms with Crippen LogP contribution in [0.1, 0.15) is 39.0 Å². The van der Waals surface area contributed by atoms with Gasteiger partial charge in [0.05, 0.1) is 11.2 Å². The van der Waals surface area contributed by atoms with Crippen LogP contribution in [-0.4, -0.2) is 61.1 Å². The lowest BCUT2D eigenvalue weighted by Gasteiger charge is -2.23. The highest BCUT2D eigenvalue weighted by Crippen LogP contribution is 2.41. The molecule has 0 radical (unpaired) electrons. The Hall–Kier alpha value is -2.12. The van der Waals surface area contributed by atoms with E-state index in [4.69, 9.17) is 9.47 Å². The van der Waals surface area contributed by atoms with E-state index in [1.807, 2.05) is 19.2 Å². The van der Waals surface area contributed by atoms with Crippen LogP contribution in [0.2, 0.25) is 0 Å². The normalized spacial score (nSPS) is 15.8. The van der Waals surface area contributed by atoms with Gasteiger partial charge < -0.3 is 19.3 Å². The highest BCUT2D eigenvalue weighted by Gasteiger charge is 2.28. The maximum atomic E-state index is 12.6. The number of aromatic nitrogens is 1. The van der Waals surface area contributed by atoms with Crippen LogP contribution in [0.15, 0.2) is 24.4 Å². The molecule has 144 valence electrons. The van der Waals surface area contributed by atoms with Crippen molar-refractivity contribution in [1.82, 2.24) is 14.8 Å². The summed E-state index contributed by atoms with van der Waals surface area (Å²) in [6, 6.07) is 6.07. The van der Waals surface area contributed by atoms with Gasteiger partial charge in [-0.15, -0.1) is 11.3 Å². The molecule has 6 nitrogen and oxygen atoms in total. The van der Waals surface area contributed by atoms with E-state index in [-0.39, 0.29) is 5.91 Å². The molecule has 7 heteroatoms. The summed E-state index contributed by atoms with van der Waals surface area (Å²) >= 11 is 1.55. The third kappa shape index (κ3) is 4.42. The summed E-state index contributed by atoms with van der Waals surface area (Å²) in [5.41, 5.74) is 1.17. The van der Waals surface area contributed by atoms with E-state index in [1.165, 1.54) is 18.4 Å². The topological polar surface area (TPSA) is 54.9 Å². The number of benzene rings is 1. The average Bonchev–Trinajstić information content (AvgIpc) is 3.42. The monoisotopic (exact) mass is 387 g/mol. The number of thiazole rings is 1. The second kappa shape index (κ2) is 7.86. The average molecular weight is 388 g/mol. The number of likely N-dealkylation sites (N-methyl/N-ethyl adjacent to an activating group) is 2. The summed E-state index contributed by atoms with van der Waals surface area (Å²) in [6.45, 7) is 3.47. The molecule has 0 spiro atoms. The predicted molar refractivity (Wildman–Crippen MR) is 105 cm³/mol. The zero-order valence-corrected chi connectivity index (χ0v) is 16.6. The molecule has 1 fully saturated rings. The van der Waals surface area contributed by atoms with Gasteiger partial charge >= 0.3 is 0 Å². The van der Waals surface area contributed by atoms with Crippen molar-refractivity contribution >= 4 is 17.2 Å². The van der Waals surface area contributed by atoms with Gasteiger partial charge in [0.2, 0.25) is 0 Å². The first-order valence-corrected chi connectivity index (χ1v) is 10.2. The Morgan fingerprint density at radius 1 is 1.19 bits per heavy atom. The highest BCUT2D eigenvalue weighted by atomic mass is 32.1. The molecular weight excluding hydrogens is 362 g/mol. The maximum Gasteiger partial charge on any atom is 0.265 e. The Morgan fingerprint density at radius 3 is 2.74 bits per heavy atom. The third-order valence-corrected chi connectivity index (χ3v) is 6.03. The van der Waals surface area contributed by atoms with Gasteiger partial charge in [0.25, 0.3) is 5.91 Å². The summed E-state index contributed by atoms with van der Waals surface area (Å²) in [5, 5.41) is 1.11. The van der Waals surface area contributed by atoms with E-state index in [1.54, 1.807) is 22.4 Å². The van der Waals surface area contributed by atoms with Crippen LogP contribution in [0.3, 0.4) is 0 Å². The largest absolute Gasteiger partial charge is 0.486 e. The van der Waals surface area contributed by atoms with E-state index in [2.05, 4.69) is 23.0 Å². The van der Waals surface area contributed by atoms with Gasteiger partial charge in [-0.25, -0.2) is 4.98 Å². The van der Waals surface area contributed by atoms with Crippen molar-refractivity contribution in [3.63, 3.8) is 0 Å². The van der Waals surface area contributed by atoms with Gasteiger partial charge in [0.1, 0.15) is 18.1 Å². The summed E-state index contributed by atoms with van der Waals surface area (Å²) in [7, 11) is 3.92. The van der Waals surface area contributed by atoms with Crippen molar-refractivity contribution in [3.8, 4) is 11.5 Å². The van der Waals surface area contributed by atoms with Crippen LogP contribution in [0, 0.1) is 0 Å². The first kappa shape index (κ1) is 18.3. The highest BCUT2D eigenvalue weighted by molar-refractivity contribution is 7.13. The minimum Gasteiger partial charge on any atom is -0.486 e. The van der Waals surface area contributed by atoms with E-state index in [9.17, 15) is 4.79 Å². The van der Waals surface area contributed by atoms with Crippen LogP contribution in [0.4, 0.5) is 0 Å². The smallest absolute Gasteiger partial charge is 0.265 e. The van der Waals surface area contributed by atoms with E-state index in [0.29, 0.717) is 25.7 Å². The van der Waals surface area contributed by atoms with Crippen molar-refractivity contribution < 1.29 is 14.3 Å². The lowest BCUT2D eigenvalue weighted by Crippen LogP contribution is -2.34. The lowest BCUT2D eigenvalue weighted by atomic mass is 10.2. The van der Waals surface area contributed by atoms with E-state index >= 15 is 0 Å². The molecule has 1 amide bonds. The minimum absolute atomic E-state index is 0.0622. The van der Waals surface area contributed by atoms with Crippen LogP contribution < -0.4 is 9.47 Å². The molecule has 0 atom stereocenters.